The molecule has 2 saturated heterocycles. The standard InChI is InChI=1S/C32H39F3N4O4/c1-21(2)37-13-11-23-16-29(40)39-15-14-38(31(42)22-6-4-3-5-7-22)19-26(39)20-43-28-9-8-25(32(33,34)35)17-27(28)30(41)36-12-10-24(23)18-37/h3-9,17,21,23-24,26H,10-16,18-20H2,1-2H3,(H,36,41)/t23-,24-,26-/m0/s1. The number of alkyl halides is 3. The van der Waals surface area contributed by atoms with Gasteiger partial charge in [0.05, 0.1) is 17.2 Å². The average Bonchev–Trinajstić information content (AvgIpc) is 2.99. The summed E-state index contributed by atoms with van der Waals surface area (Å²) in [5, 5.41) is 2.80. The van der Waals surface area contributed by atoms with Crippen molar-refractivity contribution in [3.05, 3.63) is 65.2 Å². The molecular formula is C32H39F3N4O4. The van der Waals surface area contributed by atoms with Crippen LogP contribution in [0.15, 0.2) is 48.5 Å². The van der Waals surface area contributed by atoms with E-state index in [9.17, 15) is 27.6 Å². The van der Waals surface area contributed by atoms with Gasteiger partial charge in [-0.25, -0.2) is 0 Å². The van der Waals surface area contributed by atoms with Crippen molar-refractivity contribution >= 4 is 17.7 Å². The molecule has 11 heteroatoms. The number of fused-ring (bicyclic) bond motifs is 3. The lowest BCUT2D eigenvalue weighted by molar-refractivity contribution is -0.139. The minimum absolute atomic E-state index is 0.00277. The van der Waals surface area contributed by atoms with E-state index in [0.717, 1.165) is 37.7 Å². The largest absolute Gasteiger partial charge is 0.491 e. The van der Waals surface area contributed by atoms with E-state index in [2.05, 4.69) is 24.1 Å². The quantitative estimate of drug-likeness (QED) is 0.556. The highest BCUT2D eigenvalue weighted by molar-refractivity contribution is 5.97. The molecule has 5 rings (SSSR count). The van der Waals surface area contributed by atoms with Gasteiger partial charge in [0, 0.05) is 50.7 Å². The summed E-state index contributed by atoms with van der Waals surface area (Å²) in [6.07, 6.45) is -2.83. The second-order valence-electron chi connectivity index (χ2n) is 12.0. The lowest BCUT2D eigenvalue weighted by atomic mass is 9.80. The highest BCUT2D eigenvalue weighted by atomic mass is 19.4. The van der Waals surface area contributed by atoms with Crippen molar-refractivity contribution < 1.29 is 32.3 Å². The molecule has 43 heavy (non-hydrogen) atoms. The zero-order valence-corrected chi connectivity index (χ0v) is 24.6. The van der Waals surface area contributed by atoms with Crippen LogP contribution in [-0.2, 0) is 11.0 Å². The second-order valence-corrected chi connectivity index (χ2v) is 12.0. The first-order valence-corrected chi connectivity index (χ1v) is 15.0. The van der Waals surface area contributed by atoms with Crippen LogP contribution in [-0.4, -0.2) is 90.4 Å². The maximum atomic E-state index is 13.8. The van der Waals surface area contributed by atoms with Crippen LogP contribution in [0.5, 0.6) is 5.75 Å². The Bertz CT molecular complexity index is 1320. The van der Waals surface area contributed by atoms with Crippen molar-refractivity contribution in [3.8, 4) is 5.75 Å². The molecule has 2 aromatic carbocycles. The molecule has 2 aromatic rings. The number of nitrogens with one attached hydrogen (secondary N) is 1. The molecule has 0 aromatic heterocycles. The summed E-state index contributed by atoms with van der Waals surface area (Å²) >= 11 is 0. The second kappa shape index (κ2) is 13.0. The number of amides is 3. The number of piperidine rings is 1. The molecule has 2 fully saturated rings. The van der Waals surface area contributed by atoms with Crippen LogP contribution in [0.2, 0.25) is 0 Å². The van der Waals surface area contributed by atoms with Crippen molar-refractivity contribution in [1.82, 2.24) is 20.0 Å². The van der Waals surface area contributed by atoms with Gasteiger partial charge in [0.2, 0.25) is 5.91 Å². The predicted octanol–water partition coefficient (Wildman–Crippen LogP) is 4.31. The Morgan fingerprint density at radius 1 is 0.977 bits per heavy atom. The van der Waals surface area contributed by atoms with E-state index in [1.807, 2.05) is 6.07 Å². The van der Waals surface area contributed by atoms with Crippen molar-refractivity contribution in [2.45, 2.75) is 51.4 Å². The molecule has 0 saturated carbocycles. The Morgan fingerprint density at radius 3 is 2.47 bits per heavy atom. The van der Waals surface area contributed by atoms with Gasteiger partial charge in [0.15, 0.2) is 0 Å². The minimum Gasteiger partial charge on any atom is -0.491 e. The molecular weight excluding hydrogens is 561 g/mol. The number of ether oxygens (including phenoxy) is 1. The van der Waals surface area contributed by atoms with Crippen LogP contribution in [0.3, 0.4) is 0 Å². The molecule has 0 bridgehead atoms. The van der Waals surface area contributed by atoms with Gasteiger partial charge in [-0.15, -0.1) is 0 Å². The molecule has 3 heterocycles. The van der Waals surface area contributed by atoms with Crippen molar-refractivity contribution in [1.29, 1.82) is 0 Å². The van der Waals surface area contributed by atoms with Crippen LogP contribution < -0.4 is 10.1 Å². The Kier molecular flexibility index (Phi) is 9.29. The number of piperazine rings is 1. The summed E-state index contributed by atoms with van der Waals surface area (Å²) in [4.78, 5) is 46.2. The maximum Gasteiger partial charge on any atom is 0.416 e. The molecule has 1 N–H and O–H groups in total. The number of benzene rings is 2. The van der Waals surface area contributed by atoms with Crippen LogP contribution in [0, 0.1) is 11.8 Å². The fourth-order valence-corrected chi connectivity index (χ4v) is 6.45. The number of rotatable bonds is 2. The molecule has 0 unspecified atom stereocenters. The normalized spacial score (nSPS) is 24.3. The van der Waals surface area contributed by atoms with E-state index in [1.165, 1.54) is 0 Å². The average molecular weight is 601 g/mol. The summed E-state index contributed by atoms with van der Waals surface area (Å²) in [6.45, 7) is 7.00. The van der Waals surface area contributed by atoms with Gasteiger partial charge in [0.25, 0.3) is 11.8 Å². The molecule has 3 aliphatic rings. The van der Waals surface area contributed by atoms with E-state index in [4.69, 9.17) is 4.74 Å². The van der Waals surface area contributed by atoms with E-state index < -0.39 is 23.7 Å². The molecule has 8 nitrogen and oxygen atoms in total. The number of hydrogen-bond donors (Lipinski definition) is 1. The van der Waals surface area contributed by atoms with Crippen LogP contribution in [0.1, 0.15) is 59.4 Å². The summed E-state index contributed by atoms with van der Waals surface area (Å²) < 4.78 is 46.7. The molecule has 3 aliphatic heterocycles. The summed E-state index contributed by atoms with van der Waals surface area (Å²) in [5.41, 5.74) is -0.618. The van der Waals surface area contributed by atoms with Crippen molar-refractivity contribution in [3.63, 3.8) is 0 Å². The van der Waals surface area contributed by atoms with Crippen LogP contribution in [0.25, 0.3) is 0 Å². The summed E-state index contributed by atoms with van der Waals surface area (Å²) in [7, 11) is 0. The zero-order valence-electron chi connectivity index (χ0n) is 24.6. The smallest absolute Gasteiger partial charge is 0.416 e. The third kappa shape index (κ3) is 7.14. The Balaban J connectivity index is 1.45. The van der Waals surface area contributed by atoms with E-state index in [0.29, 0.717) is 37.5 Å². The monoisotopic (exact) mass is 600 g/mol. The van der Waals surface area contributed by atoms with Gasteiger partial charge in [-0.2, -0.15) is 13.2 Å². The third-order valence-corrected chi connectivity index (χ3v) is 8.98. The number of carbonyl (C=O) groups is 3. The van der Waals surface area contributed by atoms with E-state index >= 15 is 0 Å². The predicted molar refractivity (Wildman–Crippen MR) is 155 cm³/mol. The van der Waals surface area contributed by atoms with Crippen LogP contribution >= 0.6 is 0 Å². The lowest BCUT2D eigenvalue weighted by Gasteiger charge is -2.44. The minimum atomic E-state index is -4.63. The van der Waals surface area contributed by atoms with E-state index in [-0.39, 0.29) is 54.7 Å². The summed E-state index contributed by atoms with van der Waals surface area (Å²) in [6, 6.07) is 11.5. The zero-order chi connectivity index (χ0) is 30.7. The number of halogens is 3. The molecule has 0 spiro atoms. The molecule has 3 atom stereocenters. The van der Waals surface area contributed by atoms with Gasteiger partial charge in [-0.1, -0.05) is 18.2 Å². The molecule has 3 amide bonds. The topological polar surface area (TPSA) is 82.2 Å². The van der Waals surface area contributed by atoms with Crippen molar-refractivity contribution in [2.24, 2.45) is 11.8 Å². The number of hydrogen-bond acceptors (Lipinski definition) is 5. The Morgan fingerprint density at radius 2 is 1.74 bits per heavy atom. The maximum absolute atomic E-state index is 13.8. The van der Waals surface area contributed by atoms with Gasteiger partial charge in [0.1, 0.15) is 12.4 Å². The fraction of sp³-hybridized carbons (Fsp3) is 0.531. The van der Waals surface area contributed by atoms with Crippen molar-refractivity contribution in [2.75, 3.05) is 45.9 Å². The number of nitrogens with zero attached hydrogens (tertiary/aromatic N) is 3. The van der Waals surface area contributed by atoms with Gasteiger partial charge >= 0.3 is 6.18 Å². The van der Waals surface area contributed by atoms with Gasteiger partial charge in [-0.05, 0) is 75.4 Å². The Hall–Kier alpha value is -3.60. The van der Waals surface area contributed by atoms with E-state index in [1.54, 1.807) is 34.1 Å². The number of carbonyl (C=O) groups excluding carboxylic acids is 3. The first-order valence-electron chi connectivity index (χ1n) is 15.0. The highest BCUT2D eigenvalue weighted by Crippen LogP contribution is 2.34. The summed E-state index contributed by atoms with van der Waals surface area (Å²) in [5.74, 6) is -0.561. The highest BCUT2D eigenvalue weighted by Gasteiger charge is 2.38. The molecule has 0 radical (unpaired) electrons. The lowest BCUT2D eigenvalue weighted by Crippen LogP contribution is -2.59. The molecule has 232 valence electrons. The van der Waals surface area contributed by atoms with Gasteiger partial charge in [-0.3, -0.25) is 14.4 Å². The first-order chi connectivity index (χ1) is 20.5. The number of likely N-dealkylation sites (tertiary alicyclic amines) is 1. The SMILES string of the molecule is CC(C)N1CC[C@H]2CC(=O)N3CCN(C(=O)c4ccccc4)C[C@H]3COc3ccc(C(F)(F)F)cc3C(=O)NCC[C@H]2C1. The fourth-order valence-electron chi connectivity index (χ4n) is 6.45. The Labute approximate surface area is 250 Å². The van der Waals surface area contributed by atoms with Crippen LogP contribution in [0.4, 0.5) is 13.2 Å². The van der Waals surface area contributed by atoms with Gasteiger partial charge < -0.3 is 24.8 Å². The third-order valence-electron chi connectivity index (χ3n) is 8.98. The first kappa shape index (κ1) is 30.8. The molecule has 0 aliphatic carbocycles.